The van der Waals surface area contributed by atoms with Gasteiger partial charge in [0.05, 0.1) is 11.8 Å². The molecule has 1 unspecified atom stereocenters. The van der Waals surface area contributed by atoms with Crippen LogP contribution in [-0.2, 0) is 18.0 Å². The van der Waals surface area contributed by atoms with E-state index in [2.05, 4.69) is 20.2 Å². The zero-order valence-corrected chi connectivity index (χ0v) is 16.9. The van der Waals surface area contributed by atoms with E-state index in [0.29, 0.717) is 5.01 Å². The van der Waals surface area contributed by atoms with Crippen LogP contribution in [0.2, 0.25) is 0 Å². The number of carbonyl (C=O) groups is 1. The average molecular weight is 449 g/mol. The number of aromatic nitrogens is 5. The summed E-state index contributed by atoms with van der Waals surface area (Å²) in [7, 11) is 1.77. The molecular formula is C19H14F3N5O3S. The van der Waals surface area contributed by atoms with Crippen molar-refractivity contribution in [2.24, 2.45) is 7.05 Å². The Morgan fingerprint density at radius 3 is 2.77 bits per heavy atom. The molecule has 0 radical (unpaired) electrons. The number of ether oxygens (including phenoxy) is 1. The molecule has 0 bridgehead atoms. The van der Waals surface area contributed by atoms with Crippen LogP contribution in [0.3, 0.4) is 0 Å². The zero-order valence-electron chi connectivity index (χ0n) is 16.1. The van der Waals surface area contributed by atoms with Gasteiger partial charge in [0.25, 0.3) is 5.89 Å². The van der Waals surface area contributed by atoms with E-state index in [1.54, 1.807) is 29.5 Å². The molecule has 0 spiro atoms. The highest BCUT2D eigenvalue weighted by molar-refractivity contribution is 7.13. The fraction of sp³-hybridized carbons (Fsp3) is 0.211. The topological polar surface area (TPSA) is 95.9 Å². The Balaban J connectivity index is 1.46. The van der Waals surface area contributed by atoms with Gasteiger partial charge in [0, 0.05) is 29.8 Å². The van der Waals surface area contributed by atoms with Crippen molar-refractivity contribution in [2.45, 2.75) is 19.2 Å². The number of aryl methyl sites for hydroxylation is 1. The second kappa shape index (κ2) is 7.95. The summed E-state index contributed by atoms with van der Waals surface area (Å²) < 4.78 is 50.7. The summed E-state index contributed by atoms with van der Waals surface area (Å²) in [5.74, 6) is -0.794. The van der Waals surface area contributed by atoms with Crippen molar-refractivity contribution in [1.82, 2.24) is 24.9 Å². The van der Waals surface area contributed by atoms with Crippen LogP contribution >= 0.6 is 11.3 Å². The zero-order chi connectivity index (χ0) is 22.2. The molecule has 8 nitrogen and oxygen atoms in total. The number of halogens is 3. The number of rotatable bonds is 5. The summed E-state index contributed by atoms with van der Waals surface area (Å²) >= 11 is 1.26. The molecule has 12 heteroatoms. The predicted octanol–water partition coefficient (Wildman–Crippen LogP) is 4.53. The molecule has 1 aromatic carbocycles. The first kappa shape index (κ1) is 20.7. The molecule has 0 aliphatic rings. The molecule has 160 valence electrons. The molecule has 3 heterocycles. The first-order chi connectivity index (χ1) is 14.7. The Kier molecular flexibility index (Phi) is 5.31. The van der Waals surface area contributed by atoms with Crippen LogP contribution in [0.4, 0.5) is 13.2 Å². The van der Waals surface area contributed by atoms with Crippen LogP contribution in [0.15, 0.2) is 46.6 Å². The van der Waals surface area contributed by atoms with Gasteiger partial charge in [-0.3, -0.25) is 4.68 Å². The molecule has 4 rings (SSSR count). The van der Waals surface area contributed by atoms with E-state index in [9.17, 15) is 18.0 Å². The third-order valence-electron chi connectivity index (χ3n) is 4.19. The third-order valence-corrected chi connectivity index (χ3v) is 5.08. The standard InChI is InChI=1S/C19H14F3N5O3S/c1-10(29-18(28)14-9-31-17(24-14)12-7-23-27(2)8-12)16-25-15(26-30-16)11-4-3-5-13(6-11)19(20,21)22/h3-10H,1-2H3. The molecule has 1 atom stereocenters. The molecule has 0 saturated heterocycles. The van der Waals surface area contributed by atoms with E-state index < -0.39 is 23.8 Å². The van der Waals surface area contributed by atoms with E-state index in [1.165, 1.54) is 30.4 Å². The molecule has 0 aliphatic heterocycles. The van der Waals surface area contributed by atoms with Crippen molar-refractivity contribution in [3.8, 4) is 22.0 Å². The van der Waals surface area contributed by atoms with Crippen LogP contribution in [-0.4, -0.2) is 30.9 Å². The Hall–Kier alpha value is -3.54. The lowest BCUT2D eigenvalue weighted by Gasteiger charge is -2.07. The van der Waals surface area contributed by atoms with Gasteiger partial charge in [-0.2, -0.15) is 23.3 Å². The number of esters is 1. The number of hydrogen-bond acceptors (Lipinski definition) is 8. The van der Waals surface area contributed by atoms with Crippen LogP contribution in [0.5, 0.6) is 0 Å². The second-order valence-electron chi connectivity index (χ2n) is 6.52. The molecule has 0 saturated carbocycles. The van der Waals surface area contributed by atoms with Gasteiger partial charge in [0.15, 0.2) is 11.8 Å². The maximum atomic E-state index is 12.9. The fourth-order valence-electron chi connectivity index (χ4n) is 2.66. The summed E-state index contributed by atoms with van der Waals surface area (Å²) in [5.41, 5.74) is 0.170. The summed E-state index contributed by atoms with van der Waals surface area (Å²) in [6.07, 6.45) is -2.02. The summed E-state index contributed by atoms with van der Waals surface area (Å²) in [6.45, 7) is 1.51. The number of benzene rings is 1. The lowest BCUT2D eigenvalue weighted by molar-refractivity contribution is -0.137. The van der Waals surface area contributed by atoms with Gasteiger partial charge in [-0.25, -0.2) is 9.78 Å². The van der Waals surface area contributed by atoms with E-state index in [-0.39, 0.29) is 23.0 Å². The normalized spacial score (nSPS) is 12.7. The van der Waals surface area contributed by atoms with Gasteiger partial charge in [-0.15, -0.1) is 11.3 Å². The quantitative estimate of drug-likeness (QED) is 0.413. The van der Waals surface area contributed by atoms with Gasteiger partial charge in [-0.1, -0.05) is 17.3 Å². The van der Waals surface area contributed by atoms with Crippen molar-refractivity contribution >= 4 is 17.3 Å². The number of nitrogens with zero attached hydrogens (tertiary/aromatic N) is 5. The van der Waals surface area contributed by atoms with Crippen molar-refractivity contribution in [3.63, 3.8) is 0 Å². The average Bonchev–Trinajstić information content (AvgIpc) is 3.47. The van der Waals surface area contributed by atoms with Crippen LogP contribution in [0, 0.1) is 0 Å². The Bertz CT molecular complexity index is 1230. The Labute approximate surface area is 177 Å². The van der Waals surface area contributed by atoms with Gasteiger partial charge in [0.2, 0.25) is 5.82 Å². The molecular weight excluding hydrogens is 435 g/mol. The molecule has 31 heavy (non-hydrogen) atoms. The minimum atomic E-state index is -4.49. The van der Waals surface area contributed by atoms with E-state index in [4.69, 9.17) is 9.26 Å². The van der Waals surface area contributed by atoms with Gasteiger partial charge >= 0.3 is 12.1 Å². The van der Waals surface area contributed by atoms with Gasteiger partial charge in [0.1, 0.15) is 5.01 Å². The largest absolute Gasteiger partial charge is 0.448 e. The van der Waals surface area contributed by atoms with Gasteiger partial charge < -0.3 is 9.26 Å². The number of hydrogen-bond donors (Lipinski definition) is 0. The minimum Gasteiger partial charge on any atom is -0.448 e. The van der Waals surface area contributed by atoms with Crippen molar-refractivity contribution < 1.29 is 27.2 Å². The Morgan fingerprint density at radius 2 is 2.06 bits per heavy atom. The highest BCUT2D eigenvalue weighted by atomic mass is 32.1. The first-order valence-corrected chi connectivity index (χ1v) is 9.75. The fourth-order valence-corrected chi connectivity index (χ4v) is 3.42. The number of thiazole rings is 1. The maximum absolute atomic E-state index is 12.9. The highest BCUT2D eigenvalue weighted by Crippen LogP contribution is 2.32. The van der Waals surface area contributed by atoms with E-state index in [1.807, 2.05) is 0 Å². The molecule has 0 amide bonds. The van der Waals surface area contributed by atoms with Crippen LogP contribution < -0.4 is 0 Å². The van der Waals surface area contributed by atoms with Gasteiger partial charge in [-0.05, 0) is 19.1 Å². The smallest absolute Gasteiger partial charge is 0.416 e. The van der Waals surface area contributed by atoms with Crippen molar-refractivity contribution in [1.29, 1.82) is 0 Å². The first-order valence-electron chi connectivity index (χ1n) is 8.87. The SMILES string of the molecule is CC(OC(=O)c1csc(-c2cnn(C)c2)n1)c1nc(-c2cccc(C(F)(F)F)c2)no1. The molecule has 0 aliphatic carbocycles. The summed E-state index contributed by atoms with van der Waals surface area (Å²) in [5, 5.41) is 9.91. The molecule has 0 fully saturated rings. The van der Waals surface area contributed by atoms with Crippen LogP contribution in [0.25, 0.3) is 22.0 Å². The summed E-state index contributed by atoms with van der Waals surface area (Å²) in [6, 6.07) is 4.54. The number of carbonyl (C=O) groups excluding carboxylic acids is 1. The molecule has 4 aromatic rings. The lowest BCUT2D eigenvalue weighted by Crippen LogP contribution is -2.10. The maximum Gasteiger partial charge on any atom is 0.416 e. The predicted molar refractivity (Wildman–Crippen MR) is 103 cm³/mol. The van der Waals surface area contributed by atoms with Crippen molar-refractivity contribution in [3.05, 3.63) is 59.2 Å². The van der Waals surface area contributed by atoms with E-state index in [0.717, 1.165) is 17.7 Å². The number of alkyl halides is 3. The van der Waals surface area contributed by atoms with E-state index >= 15 is 0 Å². The Morgan fingerprint density at radius 1 is 1.26 bits per heavy atom. The second-order valence-corrected chi connectivity index (χ2v) is 7.38. The highest BCUT2D eigenvalue weighted by Gasteiger charge is 2.31. The summed E-state index contributed by atoms with van der Waals surface area (Å²) in [4.78, 5) is 20.7. The third kappa shape index (κ3) is 4.48. The monoisotopic (exact) mass is 449 g/mol. The molecule has 3 aromatic heterocycles. The molecule has 0 N–H and O–H groups in total. The lowest BCUT2D eigenvalue weighted by atomic mass is 10.1. The minimum absolute atomic E-state index is 0.0449. The van der Waals surface area contributed by atoms with Crippen LogP contribution in [0.1, 0.15) is 35.0 Å². The van der Waals surface area contributed by atoms with Crippen molar-refractivity contribution in [2.75, 3.05) is 0 Å².